The topological polar surface area (TPSA) is 25.8 Å². The monoisotopic (exact) mass is 418 g/mol. The van der Waals surface area contributed by atoms with Crippen LogP contribution in [0.1, 0.15) is 88.4 Å². The maximum atomic E-state index is 4.48. The number of thioether (sulfide) groups is 2. The molecule has 0 unspecified atom stereocenters. The Balaban J connectivity index is 0.000000257. The van der Waals surface area contributed by atoms with Gasteiger partial charge in [0.1, 0.15) is 0 Å². The fourth-order valence-corrected chi connectivity index (χ4v) is 4.53. The lowest BCUT2D eigenvalue weighted by Gasteiger charge is -2.16. The van der Waals surface area contributed by atoms with Crippen LogP contribution in [0.4, 0.5) is 0 Å². The molecule has 4 heteroatoms. The predicted octanol–water partition coefficient (Wildman–Crippen LogP) is 7.51. The van der Waals surface area contributed by atoms with Gasteiger partial charge in [0.2, 0.25) is 0 Å². The Kier molecular flexibility index (Phi) is 11.9. The number of nitrogens with zero attached hydrogens (tertiary/aromatic N) is 2. The van der Waals surface area contributed by atoms with Gasteiger partial charge >= 0.3 is 0 Å². The molecule has 2 nitrogen and oxygen atoms in total. The summed E-state index contributed by atoms with van der Waals surface area (Å²) in [7, 11) is 0. The third-order valence-electron chi connectivity index (χ3n) is 4.63. The van der Waals surface area contributed by atoms with Gasteiger partial charge in [0.05, 0.1) is 0 Å². The van der Waals surface area contributed by atoms with Crippen LogP contribution in [0, 0.1) is 0 Å². The Morgan fingerprint density at radius 3 is 2.14 bits per heavy atom. The number of rotatable bonds is 4. The fraction of sp³-hybridized carbons (Fsp3) is 0.583. The van der Waals surface area contributed by atoms with Crippen LogP contribution >= 0.6 is 23.5 Å². The lowest BCUT2D eigenvalue weighted by molar-refractivity contribution is 0.810. The van der Waals surface area contributed by atoms with Crippen LogP contribution in [-0.4, -0.2) is 22.0 Å². The number of fused-ring (bicyclic) bond motifs is 1. The summed E-state index contributed by atoms with van der Waals surface area (Å²) >= 11 is 3.84. The van der Waals surface area contributed by atoms with Crippen molar-refractivity contribution in [1.29, 1.82) is 0 Å². The Bertz CT molecular complexity index is 668. The van der Waals surface area contributed by atoms with Crippen LogP contribution in [-0.2, 0) is 18.6 Å². The summed E-state index contributed by atoms with van der Waals surface area (Å²) in [5.74, 6) is 3.52. The molecule has 0 fully saturated rings. The summed E-state index contributed by atoms with van der Waals surface area (Å²) in [4.78, 5) is 10.3. The minimum Gasteiger partial charge on any atom is -0.261 e. The minimum atomic E-state index is 0.525. The maximum Gasteiger partial charge on any atom is 0.0440 e. The molecule has 0 radical (unpaired) electrons. The second-order valence-corrected chi connectivity index (χ2v) is 9.22. The summed E-state index contributed by atoms with van der Waals surface area (Å²) in [6.45, 7) is 14.9. The average Bonchev–Trinajstić information content (AvgIpc) is 2.74. The zero-order valence-corrected chi connectivity index (χ0v) is 20.6. The molecule has 2 aromatic heterocycles. The van der Waals surface area contributed by atoms with Crippen LogP contribution in [0.25, 0.3) is 0 Å². The SMILES string of the molecule is CC.CC(C)c1cc2c(cn1)CCSC2.CCc1cnc(C(C)C)cc1SC. The van der Waals surface area contributed by atoms with Gasteiger partial charge in [-0.1, -0.05) is 48.5 Å². The Hall–Kier alpha value is -1.00. The van der Waals surface area contributed by atoms with E-state index >= 15 is 0 Å². The van der Waals surface area contributed by atoms with Crippen molar-refractivity contribution < 1.29 is 0 Å². The van der Waals surface area contributed by atoms with Crippen molar-refractivity contribution in [3.8, 4) is 0 Å². The summed E-state index contributed by atoms with van der Waals surface area (Å²) in [6.07, 6.45) is 8.48. The van der Waals surface area contributed by atoms with Crippen LogP contribution in [0.3, 0.4) is 0 Å². The third kappa shape index (κ3) is 7.44. The lowest BCUT2D eigenvalue weighted by Crippen LogP contribution is -2.05. The summed E-state index contributed by atoms with van der Waals surface area (Å²) in [6, 6.07) is 4.50. The van der Waals surface area contributed by atoms with Crippen molar-refractivity contribution in [3.05, 3.63) is 52.6 Å². The second kappa shape index (κ2) is 13.3. The molecule has 2 aromatic rings. The highest BCUT2D eigenvalue weighted by atomic mass is 32.2. The maximum absolute atomic E-state index is 4.48. The van der Waals surface area contributed by atoms with Gasteiger partial charge in [-0.25, -0.2) is 0 Å². The summed E-state index contributed by atoms with van der Waals surface area (Å²) < 4.78 is 0. The molecule has 0 N–H and O–H groups in total. The van der Waals surface area contributed by atoms with E-state index in [9.17, 15) is 0 Å². The van der Waals surface area contributed by atoms with E-state index in [0.29, 0.717) is 11.8 Å². The van der Waals surface area contributed by atoms with E-state index < -0.39 is 0 Å². The Morgan fingerprint density at radius 1 is 0.964 bits per heavy atom. The van der Waals surface area contributed by atoms with E-state index in [-0.39, 0.29) is 0 Å². The standard InChI is InChI=1S/C11H15NS.C11H17NS.C2H6/c1-8(2)11-5-10-7-13-4-3-9(10)6-12-11;1-5-9-7-12-10(8(2)3)6-11(9)13-4;1-2/h5-6,8H,3-4,7H2,1-2H3;6-8H,5H2,1-4H3;1-2H3. The van der Waals surface area contributed by atoms with Gasteiger partial charge < -0.3 is 0 Å². The molecule has 0 aliphatic carbocycles. The molecule has 0 spiro atoms. The van der Waals surface area contributed by atoms with E-state index in [1.54, 1.807) is 0 Å². The second-order valence-electron chi connectivity index (χ2n) is 7.26. The highest BCUT2D eigenvalue weighted by Crippen LogP contribution is 2.26. The van der Waals surface area contributed by atoms with E-state index in [1.807, 2.05) is 43.6 Å². The predicted molar refractivity (Wildman–Crippen MR) is 129 cm³/mol. The molecule has 0 saturated carbocycles. The fourth-order valence-electron chi connectivity index (χ4n) is 2.83. The molecule has 0 saturated heterocycles. The van der Waals surface area contributed by atoms with Crippen molar-refractivity contribution in [2.45, 2.75) is 83.8 Å². The molecular weight excluding hydrogens is 380 g/mol. The van der Waals surface area contributed by atoms with Crippen molar-refractivity contribution in [2.75, 3.05) is 12.0 Å². The first kappa shape index (κ1) is 25.0. The lowest BCUT2D eigenvalue weighted by atomic mass is 10.0. The zero-order valence-electron chi connectivity index (χ0n) is 19.0. The summed E-state index contributed by atoms with van der Waals surface area (Å²) in [5, 5.41) is 0. The molecule has 1 aliphatic rings. The first-order valence-corrected chi connectivity index (χ1v) is 12.9. The number of pyridine rings is 2. The molecule has 0 atom stereocenters. The Labute approximate surface area is 181 Å². The highest BCUT2D eigenvalue weighted by molar-refractivity contribution is 7.98. The van der Waals surface area contributed by atoms with Gasteiger partial charge in [0, 0.05) is 34.4 Å². The normalized spacial score (nSPS) is 12.6. The van der Waals surface area contributed by atoms with Crippen LogP contribution in [0.5, 0.6) is 0 Å². The van der Waals surface area contributed by atoms with Crippen molar-refractivity contribution in [3.63, 3.8) is 0 Å². The summed E-state index contributed by atoms with van der Waals surface area (Å²) in [5.41, 5.74) is 6.76. The minimum absolute atomic E-state index is 0.525. The van der Waals surface area contributed by atoms with Crippen LogP contribution in [0.15, 0.2) is 29.4 Å². The molecule has 156 valence electrons. The molecular formula is C24H38N2S2. The number of hydrogen-bond donors (Lipinski definition) is 0. The quantitative estimate of drug-likeness (QED) is 0.480. The highest BCUT2D eigenvalue weighted by Gasteiger charge is 2.11. The number of aromatic nitrogens is 2. The van der Waals surface area contributed by atoms with Gasteiger partial charge in [0.15, 0.2) is 0 Å². The first-order chi connectivity index (χ1) is 13.5. The van der Waals surface area contributed by atoms with Crippen molar-refractivity contribution in [1.82, 2.24) is 9.97 Å². The van der Waals surface area contributed by atoms with Crippen LogP contribution < -0.4 is 0 Å². The molecule has 3 heterocycles. The van der Waals surface area contributed by atoms with Crippen molar-refractivity contribution in [2.24, 2.45) is 0 Å². The first-order valence-electron chi connectivity index (χ1n) is 10.5. The molecule has 0 amide bonds. The van der Waals surface area contributed by atoms with Gasteiger partial charge in [-0.05, 0) is 65.5 Å². The van der Waals surface area contributed by atoms with Gasteiger partial charge in [0.25, 0.3) is 0 Å². The molecule has 0 aromatic carbocycles. The molecule has 3 rings (SSSR count). The molecule has 28 heavy (non-hydrogen) atoms. The van der Waals surface area contributed by atoms with E-state index in [2.05, 4.69) is 69.2 Å². The van der Waals surface area contributed by atoms with Gasteiger partial charge in [-0.2, -0.15) is 11.8 Å². The number of aryl methyl sites for hydroxylation is 2. The number of hydrogen-bond acceptors (Lipinski definition) is 4. The largest absolute Gasteiger partial charge is 0.261 e. The van der Waals surface area contributed by atoms with E-state index in [0.717, 1.165) is 6.42 Å². The third-order valence-corrected chi connectivity index (χ3v) is 6.45. The zero-order chi connectivity index (χ0) is 21.1. The van der Waals surface area contributed by atoms with Gasteiger partial charge in [-0.15, -0.1) is 11.8 Å². The van der Waals surface area contributed by atoms with E-state index in [1.165, 1.54) is 50.9 Å². The Morgan fingerprint density at radius 2 is 1.57 bits per heavy atom. The van der Waals surface area contributed by atoms with Gasteiger partial charge in [-0.3, -0.25) is 9.97 Å². The van der Waals surface area contributed by atoms with Crippen molar-refractivity contribution >= 4 is 23.5 Å². The van der Waals surface area contributed by atoms with E-state index in [4.69, 9.17) is 0 Å². The molecule has 1 aliphatic heterocycles. The van der Waals surface area contributed by atoms with Crippen LogP contribution in [0.2, 0.25) is 0 Å². The average molecular weight is 419 g/mol. The molecule has 0 bridgehead atoms. The smallest absolute Gasteiger partial charge is 0.0440 e.